The molecule has 0 saturated heterocycles. The van der Waals surface area contributed by atoms with E-state index in [-0.39, 0.29) is 6.54 Å². The van der Waals surface area contributed by atoms with Gasteiger partial charge in [0.1, 0.15) is 0 Å². The van der Waals surface area contributed by atoms with Crippen molar-refractivity contribution in [2.45, 2.75) is 6.54 Å². The molecule has 2 rings (SSSR count). The Labute approximate surface area is 121 Å². The minimum atomic E-state index is -3.56. The standard InChI is InChI=1S/C13H13BrN2O2S/c14-12-6-4-5-11(9-12)10-15-19(17,18)16-13-7-2-1-3-8-13/h1-9,15-16H,10H2. The molecular formula is C13H13BrN2O2S. The van der Waals surface area contributed by atoms with Gasteiger partial charge in [-0.05, 0) is 29.8 Å². The zero-order valence-corrected chi connectivity index (χ0v) is 12.4. The van der Waals surface area contributed by atoms with E-state index in [0.29, 0.717) is 5.69 Å². The van der Waals surface area contributed by atoms with Crippen LogP contribution in [0.25, 0.3) is 0 Å². The predicted molar refractivity (Wildman–Crippen MR) is 80.0 cm³/mol. The Bertz CT molecular complexity index is 645. The fraction of sp³-hybridized carbons (Fsp3) is 0.0769. The molecule has 0 aliphatic carbocycles. The minimum Gasteiger partial charge on any atom is -0.271 e. The maximum Gasteiger partial charge on any atom is 0.299 e. The molecule has 0 aromatic heterocycles. The molecule has 0 saturated carbocycles. The van der Waals surface area contributed by atoms with Crippen molar-refractivity contribution in [2.75, 3.05) is 4.72 Å². The van der Waals surface area contributed by atoms with Crippen LogP contribution in [0.4, 0.5) is 5.69 Å². The summed E-state index contributed by atoms with van der Waals surface area (Å²) in [5.41, 5.74) is 1.41. The Hall–Kier alpha value is -1.37. The van der Waals surface area contributed by atoms with Crippen LogP contribution in [-0.4, -0.2) is 8.42 Å². The zero-order valence-electron chi connectivity index (χ0n) is 10.0. The Morgan fingerprint density at radius 3 is 2.42 bits per heavy atom. The third-order valence-electron chi connectivity index (χ3n) is 2.38. The molecule has 0 heterocycles. The second-order valence-electron chi connectivity index (χ2n) is 3.92. The highest BCUT2D eigenvalue weighted by Crippen LogP contribution is 2.12. The van der Waals surface area contributed by atoms with Gasteiger partial charge in [-0.25, -0.2) is 0 Å². The second kappa shape index (κ2) is 6.18. The third kappa shape index (κ3) is 4.66. The van der Waals surface area contributed by atoms with Crippen LogP contribution in [-0.2, 0) is 16.8 Å². The van der Waals surface area contributed by atoms with E-state index in [1.807, 2.05) is 30.3 Å². The van der Waals surface area contributed by atoms with Gasteiger partial charge in [-0.3, -0.25) is 4.72 Å². The summed E-state index contributed by atoms with van der Waals surface area (Å²) < 4.78 is 29.5. The smallest absolute Gasteiger partial charge is 0.271 e. The van der Waals surface area contributed by atoms with E-state index in [4.69, 9.17) is 0 Å². The molecule has 0 bridgehead atoms. The lowest BCUT2D eigenvalue weighted by atomic mass is 10.2. The molecule has 0 spiro atoms. The number of hydrogen-bond acceptors (Lipinski definition) is 2. The van der Waals surface area contributed by atoms with Crippen molar-refractivity contribution in [1.82, 2.24) is 4.72 Å². The first-order valence-corrected chi connectivity index (χ1v) is 7.90. The van der Waals surface area contributed by atoms with Crippen LogP contribution < -0.4 is 9.44 Å². The molecule has 19 heavy (non-hydrogen) atoms. The van der Waals surface area contributed by atoms with E-state index in [2.05, 4.69) is 25.4 Å². The lowest BCUT2D eigenvalue weighted by Crippen LogP contribution is -2.29. The van der Waals surface area contributed by atoms with E-state index in [1.165, 1.54) is 0 Å². The Kier molecular flexibility index (Phi) is 4.57. The zero-order chi connectivity index (χ0) is 13.7. The van der Waals surface area contributed by atoms with Crippen LogP contribution in [0.3, 0.4) is 0 Å². The molecule has 0 aliphatic heterocycles. The maximum atomic E-state index is 11.8. The topological polar surface area (TPSA) is 58.2 Å². The number of nitrogens with one attached hydrogen (secondary N) is 2. The van der Waals surface area contributed by atoms with Crippen molar-refractivity contribution in [3.05, 3.63) is 64.6 Å². The molecule has 2 N–H and O–H groups in total. The van der Waals surface area contributed by atoms with Crippen molar-refractivity contribution in [2.24, 2.45) is 0 Å². The SMILES string of the molecule is O=S(=O)(NCc1cccc(Br)c1)Nc1ccccc1. The van der Waals surface area contributed by atoms with E-state index in [0.717, 1.165) is 10.0 Å². The number of hydrogen-bond donors (Lipinski definition) is 2. The summed E-state index contributed by atoms with van der Waals surface area (Å²) in [5.74, 6) is 0. The average Bonchev–Trinajstić information content (AvgIpc) is 2.37. The highest BCUT2D eigenvalue weighted by atomic mass is 79.9. The number of benzene rings is 2. The van der Waals surface area contributed by atoms with Crippen molar-refractivity contribution in [3.63, 3.8) is 0 Å². The van der Waals surface area contributed by atoms with Gasteiger partial charge in [0.05, 0.1) is 0 Å². The predicted octanol–water partition coefficient (Wildman–Crippen LogP) is 2.90. The van der Waals surface area contributed by atoms with Gasteiger partial charge in [-0.15, -0.1) is 0 Å². The van der Waals surface area contributed by atoms with Gasteiger partial charge in [0.15, 0.2) is 0 Å². The van der Waals surface area contributed by atoms with E-state index in [9.17, 15) is 8.42 Å². The molecule has 0 amide bonds. The summed E-state index contributed by atoms with van der Waals surface area (Å²) >= 11 is 3.34. The normalized spacial score (nSPS) is 11.2. The van der Waals surface area contributed by atoms with Crippen molar-refractivity contribution in [1.29, 1.82) is 0 Å². The first-order chi connectivity index (χ1) is 9.05. The summed E-state index contributed by atoms with van der Waals surface area (Å²) in [4.78, 5) is 0. The van der Waals surface area contributed by atoms with Gasteiger partial charge in [0.2, 0.25) is 0 Å². The van der Waals surface area contributed by atoms with Crippen molar-refractivity contribution < 1.29 is 8.42 Å². The molecule has 0 fully saturated rings. The molecular weight excluding hydrogens is 328 g/mol. The molecule has 0 aliphatic rings. The summed E-state index contributed by atoms with van der Waals surface area (Å²) in [6.45, 7) is 0.238. The molecule has 4 nitrogen and oxygen atoms in total. The molecule has 0 unspecified atom stereocenters. The Balaban J connectivity index is 1.98. The van der Waals surface area contributed by atoms with Crippen LogP contribution in [0.15, 0.2) is 59.1 Å². The molecule has 6 heteroatoms. The first-order valence-electron chi connectivity index (χ1n) is 5.62. The van der Waals surface area contributed by atoms with Crippen molar-refractivity contribution >= 4 is 31.8 Å². The fourth-order valence-electron chi connectivity index (χ4n) is 1.52. The van der Waals surface area contributed by atoms with Crippen LogP contribution >= 0.6 is 15.9 Å². The summed E-state index contributed by atoms with van der Waals surface area (Å²) in [6.07, 6.45) is 0. The third-order valence-corrected chi connectivity index (χ3v) is 3.90. The average molecular weight is 341 g/mol. The maximum absolute atomic E-state index is 11.8. The first kappa shape index (κ1) is 14.0. The highest BCUT2D eigenvalue weighted by molar-refractivity contribution is 9.10. The van der Waals surface area contributed by atoms with Crippen LogP contribution in [0, 0.1) is 0 Å². The summed E-state index contributed by atoms with van der Waals surface area (Å²) in [5, 5.41) is 0. The van der Waals surface area contributed by atoms with Crippen LogP contribution in [0.1, 0.15) is 5.56 Å². The Morgan fingerprint density at radius 1 is 1.00 bits per heavy atom. The van der Waals surface area contributed by atoms with Gasteiger partial charge >= 0.3 is 0 Å². The van der Waals surface area contributed by atoms with Gasteiger partial charge in [0, 0.05) is 16.7 Å². The van der Waals surface area contributed by atoms with Crippen LogP contribution in [0.5, 0.6) is 0 Å². The number of halogens is 1. The van der Waals surface area contributed by atoms with Gasteiger partial charge in [-0.2, -0.15) is 13.1 Å². The summed E-state index contributed by atoms with van der Waals surface area (Å²) in [7, 11) is -3.56. The molecule has 0 radical (unpaired) electrons. The quantitative estimate of drug-likeness (QED) is 0.879. The lowest BCUT2D eigenvalue weighted by molar-refractivity contribution is 0.587. The lowest BCUT2D eigenvalue weighted by Gasteiger charge is -2.09. The van der Waals surface area contributed by atoms with E-state index < -0.39 is 10.2 Å². The number of rotatable bonds is 5. The van der Waals surface area contributed by atoms with E-state index in [1.54, 1.807) is 24.3 Å². The monoisotopic (exact) mass is 340 g/mol. The largest absolute Gasteiger partial charge is 0.299 e. The van der Waals surface area contributed by atoms with Crippen molar-refractivity contribution in [3.8, 4) is 0 Å². The molecule has 2 aromatic carbocycles. The van der Waals surface area contributed by atoms with E-state index >= 15 is 0 Å². The highest BCUT2D eigenvalue weighted by Gasteiger charge is 2.09. The van der Waals surface area contributed by atoms with Gasteiger partial charge in [0.25, 0.3) is 10.2 Å². The molecule has 100 valence electrons. The van der Waals surface area contributed by atoms with Gasteiger partial charge < -0.3 is 0 Å². The number of para-hydroxylation sites is 1. The molecule has 0 atom stereocenters. The second-order valence-corrected chi connectivity index (χ2v) is 6.34. The fourth-order valence-corrected chi connectivity index (χ4v) is 2.84. The number of anilines is 1. The Morgan fingerprint density at radius 2 is 1.74 bits per heavy atom. The minimum absolute atomic E-state index is 0.238. The van der Waals surface area contributed by atoms with Crippen LogP contribution in [0.2, 0.25) is 0 Å². The van der Waals surface area contributed by atoms with Gasteiger partial charge in [-0.1, -0.05) is 46.3 Å². The molecule has 2 aromatic rings. The summed E-state index contributed by atoms with van der Waals surface area (Å²) in [6, 6.07) is 16.2.